The van der Waals surface area contributed by atoms with Gasteiger partial charge in [-0.15, -0.1) is 5.10 Å². The SMILES string of the molecule is CC(C(=O)Nc1cc(-n2cnnn2)ccc1Cl)=C1CNC1. The maximum Gasteiger partial charge on any atom is 0.251 e. The summed E-state index contributed by atoms with van der Waals surface area (Å²) in [5.74, 6) is -0.151. The molecule has 0 aliphatic carbocycles. The molecule has 108 valence electrons. The Labute approximate surface area is 126 Å². The van der Waals surface area contributed by atoms with Crippen LogP contribution in [0.5, 0.6) is 0 Å². The van der Waals surface area contributed by atoms with Crippen LogP contribution in [0.15, 0.2) is 35.7 Å². The summed E-state index contributed by atoms with van der Waals surface area (Å²) in [5, 5.41) is 17.4. The maximum atomic E-state index is 12.2. The number of amides is 1. The van der Waals surface area contributed by atoms with E-state index in [1.165, 1.54) is 11.0 Å². The molecule has 0 saturated carbocycles. The molecule has 21 heavy (non-hydrogen) atoms. The Balaban J connectivity index is 1.85. The number of rotatable bonds is 3. The first-order valence-corrected chi connectivity index (χ1v) is 6.76. The minimum Gasteiger partial charge on any atom is -0.321 e. The van der Waals surface area contributed by atoms with Crippen molar-refractivity contribution in [1.82, 2.24) is 25.5 Å². The Morgan fingerprint density at radius 3 is 2.86 bits per heavy atom. The van der Waals surface area contributed by atoms with Crippen LogP contribution < -0.4 is 10.6 Å². The van der Waals surface area contributed by atoms with E-state index in [1.807, 2.05) is 6.92 Å². The first kappa shape index (κ1) is 13.7. The molecule has 1 aliphatic rings. The molecule has 1 aliphatic heterocycles. The van der Waals surface area contributed by atoms with Gasteiger partial charge in [0.15, 0.2) is 0 Å². The highest BCUT2D eigenvalue weighted by molar-refractivity contribution is 6.34. The number of nitrogens with one attached hydrogen (secondary N) is 2. The highest BCUT2D eigenvalue weighted by atomic mass is 35.5. The first-order valence-electron chi connectivity index (χ1n) is 6.39. The Kier molecular flexibility index (Phi) is 3.68. The van der Waals surface area contributed by atoms with Gasteiger partial charge in [0, 0.05) is 18.7 Å². The van der Waals surface area contributed by atoms with Gasteiger partial charge in [0.2, 0.25) is 0 Å². The average molecular weight is 305 g/mol. The van der Waals surface area contributed by atoms with E-state index in [-0.39, 0.29) is 5.91 Å². The van der Waals surface area contributed by atoms with Gasteiger partial charge in [0.05, 0.1) is 16.4 Å². The van der Waals surface area contributed by atoms with Crippen molar-refractivity contribution >= 4 is 23.2 Å². The Bertz CT molecular complexity index is 703. The third kappa shape index (κ3) is 2.79. The summed E-state index contributed by atoms with van der Waals surface area (Å²) >= 11 is 6.13. The predicted octanol–water partition coefficient (Wildman–Crippen LogP) is 1.17. The minimum atomic E-state index is -0.151. The van der Waals surface area contributed by atoms with E-state index in [1.54, 1.807) is 18.2 Å². The number of carbonyl (C=O) groups is 1. The highest BCUT2D eigenvalue weighted by Crippen LogP contribution is 2.25. The number of hydrogen-bond acceptors (Lipinski definition) is 5. The number of benzene rings is 1. The van der Waals surface area contributed by atoms with Gasteiger partial charge in [-0.1, -0.05) is 11.6 Å². The molecule has 1 aromatic carbocycles. The zero-order chi connectivity index (χ0) is 14.8. The van der Waals surface area contributed by atoms with Crippen molar-refractivity contribution in [2.24, 2.45) is 0 Å². The van der Waals surface area contributed by atoms with Crippen molar-refractivity contribution in [3.8, 4) is 5.69 Å². The second-order valence-corrected chi connectivity index (χ2v) is 5.11. The second kappa shape index (κ2) is 5.63. The molecule has 2 N–H and O–H groups in total. The maximum absolute atomic E-state index is 12.2. The minimum absolute atomic E-state index is 0.151. The second-order valence-electron chi connectivity index (χ2n) is 4.70. The van der Waals surface area contributed by atoms with Crippen LogP contribution in [0.25, 0.3) is 5.69 Å². The third-order valence-electron chi connectivity index (χ3n) is 3.36. The monoisotopic (exact) mass is 304 g/mol. The van der Waals surface area contributed by atoms with Gasteiger partial charge < -0.3 is 10.6 Å². The van der Waals surface area contributed by atoms with E-state index in [0.717, 1.165) is 29.9 Å². The Hall–Kier alpha value is -2.25. The van der Waals surface area contributed by atoms with Gasteiger partial charge in [-0.25, -0.2) is 4.68 Å². The lowest BCUT2D eigenvalue weighted by molar-refractivity contribution is -0.112. The molecule has 2 heterocycles. The quantitative estimate of drug-likeness (QED) is 0.832. The molecule has 1 aromatic heterocycles. The molecule has 0 spiro atoms. The van der Waals surface area contributed by atoms with Crippen molar-refractivity contribution in [2.45, 2.75) is 6.92 Å². The Morgan fingerprint density at radius 1 is 1.43 bits per heavy atom. The van der Waals surface area contributed by atoms with Crippen molar-refractivity contribution in [1.29, 1.82) is 0 Å². The molecule has 1 saturated heterocycles. The lowest BCUT2D eigenvalue weighted by Crippen LogP contribution is -2.36. The summed E-state index contributed by atoms with van der Waals surface area (Å²) in [6, 6.07) is 5.20. The number of carbonyl (C=O) groups excluding carboxylic acids is 1. The fraction of sp³-hybridized carbons (Fsp3) is 0.231. The molecule has 2 aromatic rings. The number of halogens is 1. The van der Waals surface area contributed by atoms with Gasteiger partial charge >= 0.3 is 0 Å². The molecular formula is C13H13ClN6O. The number of aromatic nitrogens is 4. The molecule has 0 unspecified atom stereocenters. The predicted molar refractivity (Wildman–Crippen MR) is 78.4 cm³/mol. The topological polar surface area (TPSA) is 84.7 Å². The van der Waals surface area contributed by atoms with Gasteiger partial charge in [0.1, 0.15) is 6.33 Å². The number of nitrogens with zero attached hydrogens (tertiary/aromatic N) is 4. The van der Waals surface area contributed by atoms with Crippen molar-refractivity contribution in [3.05, 3.63) is 40.7 Å². The van der Waals surface area contributed by atoms with Gasteiger partial charge in [-0.05, 0) is 41.1 Å². The fourth-order valence-corrected chi connectivity index (χ4v) is 2.09. The van der Waals surface area contributed by atoms with Gasteiger partial charge in [0.25, 0.3) is 5.91 Å². The van der Waals surface area contributed by atoms with Crippen molar-refractivity contribution < 1.29 is 4.79 Å². The summed E-state index contributed by atoms with van der Waals surface area (Å²) in [6.07, 6.45) is 1.47. The summed E-state index contributed by atoms with van der Waals surface area (Å²) in [7, 11) is 0. The van der Waals surface area contributed by atoms with Crippen LogP contribution in [0, 0.1) is 0 Å². The summed E-state index contributed by atoms with van der Waals surface area (Å²) in [5.41, 5.74) is 3.08. The molecule has 0 radical (unpaired) electrons. The third-order valence-corrected chi connectivity index (χ3v) is 3.69. The molecule has 1 amide bonds. The van der Waals surface area contributed by atoms with Crippen LogP contribution in [-0.2, 0) is 4.79 Å². The normalized spacial score (nSPS) is 13.7. The molecule has 0 bridgehead atoms. The highest BCUT2D eigenvalue weighted by Gasteiger charge is 2.17. The zero-order valence-electron chi connectivity index (χ0n) is 11.3. The van der Waals surface area contributed by atoms with Crippen LogP contribution in [-0.4, -0.2) is 39.2 Å². The number of anilines is 1. The molecule has 8 heteroatoms. The van der Waals surface area contributed by atoms with Gasteiger partial charge in [-0.3, -0.25) is 4.79 Å². The van der Waals surface area contributed by atoms with Crippen molar-refractivity contribution in [3.63, 3.8) is 0 Å². The smallest absolute Gasteiger partial charge is 0.251 e. The molecule has 3 rings (SSSR count). The van der Waals surface area contributed by atoms with Gasteiger partial charge in [-0.2, -0.15) is 0 Å². The fourth-order valence-electron chi connectivity index (χ4n) is 1.92. The van der Waals surface area contributed by atoms with E-state index in [9.17, 15) is 4.79 Å². The van der Waals surface area contributed by atoms with E-state index in [2.05, 4.69) is 26.2 Å². The van der Waals surface area contributed by atoms with E-state index in [0.29, 0.717) is 10.7 Å². The van der Waals surface area contributed by atoms with Crippen LogP contribution in [0.2, 0.25) is 5.02 Å². The molecule has 1 fully saturated rings. The van der Waals surface area contributed by atoms with E-state index < -0.39 is 0 Å². The van der Waals surface area contributed by atoms with Crippen LogP contribution in [0.3, 0.4) is 0 Å². The Morgan fingerprint density at radius 2 is 2.24 bits per heavy atom. The molecular weight excluding hydrogens is 292 g/mol. The standard InChI is InChI=1S/C13H13ClN6O/c1-8(9-5-15-6-9)13(21)17-12-4-10(2-3-11(12)14)20-7-16-18-19-20/h2-4,7,15H,5-6H2,1H3,(H,17,21). The summed E-state index contributed by atoms with van der Waals surface area (Å²) < 4.78 is 1.49. The average Bonchev–Trinajstić information content (AvgIpc) is 2.93. The number of tetrazole rings is 1. The number of hydrogen-bond donors (Lipinski definition) is 2. The van der Waals surface area contributed by atoms with E-state index >= 15 is 0 Å². The largest absolute Gasteiger partial charge is 0.321 e. The first-order chi connectivity index (χ1) is 10.1. The van der Waals surface area contributed by atoms with Crippen LogP contribution >= 0.6 is 11.6 Å². The molecule has 0 atom stereocenters. The molecule has 7 nitrogen and oxygen atoms in total. The zero-order valence-corrected chi connectivity index (χ0v) is 12.1. The van der Waals surface area contributed by atoms with Crippen LogP contribution in [0.4, 0.5) is 5.69 Å². The summed E-state index contributed by atoms with van der Waals surface area (Å²) in [6.45, 7) is 3.33. The van der Waals surface area contributed by atoms with E-state index in [4.69, 9.17) is 11.6 Å². The lowest BCUT2D eigenvalue weighted by atomic mass is 10.0. The summed E-state index contributed by atoms with van der Waals surface area (Å²) in [4.78, 5) is 12.2. The lowest BCUT2D eigenvalue weighted by Gasteiger charge is -2.21. The van der Waals surface area contributed by atoms with Crippen LogP contribution in [0.1, 0.15) is 6.92 Å². The van der Waals surface area contributed by atoms with Crippen molar-refractivity contribution in [2.75, 3.05) is 18.4 Å².